The summed E-state index contributed by atoms with van der Waals surface area (Å²) in [6.45, 7) is 5.54. The molecule has 0 amide bonds. The van der Waals surface area contributed by atoms with Gasteiger partial charge in [0.15, 0.2) is 0 Å². The Morgan fingerprint density at radius 1 is 1.37 bits per heavy atom. The highest BCUT2D eigenvalue weighted by Crippen LogP contribution is 2.07. The summed E-state index contributed by atoms with van der Waals surface area (Å²) in [7, 11) is 2.07. The second-order valence-corrected chi connectivity index (χ2v) is 4.82. The summed E-state index contributed by atoms with van der Waals surface area (Å²) in [6.07, 6.45) is 2.30. The first-order valence-electron chi connectivity index (χ1n) is 6.83. The third-order valence-electron chi connectivity index (χ3n) is 2.95. The normalized spacial score (nSPS) is 10.9. The average molecular weight is 263 g/mol. The zero-order valence-corrected chi connectivity index (χ0v) is 12.0. The fourth-order valence-electron chi connectivity index (χ4n) is 1.80. The molecule has 3 N–H and O–H groups in total. The molecule has 0 aliphatic carbocycles. The number of hydrogen-bond donors (Lipinski definition) is 2. The molecule has 0 unspecified atom stereocenters. The van der Waals surface area contributed by atoms with Crippen LogP contribution < -0.4 is 5.73 Å². The minimum Gasteiger partial charge on any atom is -0.384 e. The quantitative estimate of drug-likeness (QED) is 0.408. The van der Waals surface area contributed by atoms with Gasteiger partial charge in [0, 0.05) is 25.3 Å². The molecule has 1 rings (SSSR count). The third-order valence-corrected chi connectivity index (χ3v) is 2.95. The molecule has 0 saturated carbocycles. The van der Waals surface area contributed by atoms with Gasteiger partial charge in [0.25, 0.3) is 0 Å². The van der Waals surface area contributed by atoms with Crippen LogP contribution in [0.25, 0.3) is 0 Å². The van der Waals surface area contributed by atoms with Crippen LogP contribution in [0.15, 0.2) is 24.3 Å². The number of hydrogen-bond acceptors (Lipinski definition) is 3. The van der Waals surface area contributed by atoms with Crippen molar-refractivity contribution in [1.82, 2.24) is 4.90 Å². The van der Waals surface area contributed by atoms with Crippen molar-refractivity contribution in [2.24, 2.45) is 5.73 Å². The van der Waals surface area contributed by atoms with Crippen molar-refractivity contribution in [2.75, 3.05) is 26.8 Å². The predicted molar refractivity (Wildman–Crippen MR) is 79.5 cm³/mol. The van der Waals surface area contributed by atoms with Gasteiger partial charge in [-0.2, -0.15) is 0 Å². The van der Waals surface area contributed by atoms with Crippen LogP contribution >= 0.6 is 0 Å². The average Bonchev–Trinajstić information content (AvgIpc) is 2.38. The van der Waals surface area contributed by atoms with Crippen LogP contribution in [0.5, 0.6) is 0 Å². The maximum absolute atomic E-state index is 7.43. The van der Waals surface area contributed by atoms with Gasteiger partial charge in [0.05, 0.1) is 6.61 Å². The molecule has 0 spiro atoms. The van der Waals surface area contributed by atoms with Gasteiger partial charge in [-0.3, -0.25) is 10.3 Å². The number of ether oxygens (including phenoxy) is 1. The van der Waals surface area contributed by atoms with Crippen LogP contribution in [-0.4, -0.2) is 37.5 Å². The van der Waals surface area contributed by atoms with Gasteiger partial charge in [0.2, 0.25) is 0 Å². The number of nitrogens with two attached hydrogens (primary N) is 1. The van der Waals surface area contributed by atoms with Gasteiger partial charge in [-0.15, -0.1) is 0 Å². The summed E-state index contributed by atoms with van der Waals surface area (Å²) in [5, 5.41) is 7.43. The molecule has 0 aliphatic heterocycles. The topological polar surface area (TPSA) is 62.3 Å². The standard InChI is InChI=1S/C15H25N3O/c1-3-4-9-19-10-8-18(2)12-13-6-5-7-14(11-13)15(16)17/h5-7,11H,3-4,8-10,12H2,1-2H3,(H3,16,17). The highest BCUT2D eigenvalue weighted by atomic mass is 16.5. The first-order chi connectivity index (χ1) is 9.13. The molecule has 0 fully saturated rings. The van der Waals surface area contributed by atoms with E-state index in [0.717, 1.165) is 38.3 Å². The number of likely N-dealkylation sites (N-methyl/N-ethyl adjacent to an activating group) is 1. The van der Waals surface area contributed by atoms with E-state index in [9.17, 15) is 0 Å². The Labute approximate surface area is 116 Å². The van der Waals surface area contributed by atoms with Crippen molar-refractivity contribution in [1.29, 1.82) is 5.41 Å². The predicted octanol–water partition coefficient (Wildman–Crippen LogP) is 2.22. The summed E-state index contributed by atoms with van der Waals surface area (Å²) in [5.74, 6) is 0.118. The fraction of sp³-hybridized carbons (Fsp3) is 0.533. The van der Waals surface area contributed by atoms with Crippen LogP contribution in [0.4, 0.5) is 0 Å². The second-order valence-electron chi connectivity index (χ2n) is 4.82. The number of rotatable bonds is 9. The summed E-state index contributed by atoms with van der Waals surface area (Å²) >= 11 is 0. The Kier molecular flexibility index (Phi) is 7.15. The van der Waals surface area contributed by atoms with E-state index in [1.807, 2.05) is 18.2 Å². The smallest absolute Gasteiger partial charge is 0.122 e. The summed E-state index contributed by atoms with van der Waals surface area (Å²) < 4.78 is 5.55. The van der Waals surface area contributed by atoms with E-state index in [4.69, 9.17) is 15.9 Å². The Bertz CT molecular complexity index is 393. The van der Waals surface area contributed by atoms with Crippen LogP contribution in [0.3, 0.4) is 0 Å². The van der Waals surface area contributed by atoms with Crippen molar-refractivity contribution in [3.05, 3.63) is 35.4 Å². The van der Waals surface area contributed by atoms with Crippen molar-refractivity contribution >= 4 is 5.84 Å². The molecule has 106 valence electrons. The maximum Gasteiger partial charge on any atom is 0.122 e. The molecule has 1 aromatic carbocycles. The largest absolute Gasteiger partial charge is 0.384 e. The van der Waals surface area contributed by atoms with Crippen LogP contribution in [-0.2, 0) is 11.3 Å². The molecule has 0 bridgehead atoms. The zero-order valence-electron chi connectivity index (χ0n) is 12.0. The Balaban J connectivity index is 2.33. The van der Waals surface area contributed by atoms with E-state index in [2.05, 4.69) is 24.9 Å². The lowest BCUT2D eigenvalue weighted by Gasteiger charge is -2.17. The number of amidine groups is 1. The maximum atomic E-state index is 7.43. The van der Waals surface area contributed by atoms with E-state index in [-0.39, 0.29) is 5.84 Å². The van der Waals surface area contributed by atoms with E-state index in [1.165, 1.54) is 12.0 Å². The number of unbranched alkanes of at least 4 members (excludes halogenated alkanes) is 1. The van der Waals surface area contributed by atoms with Crippen molar-refractivity contribution in [3.8, 4) is 0 Å². The molecule has 4 nitrogen and oxygen atoms in total. The van der Waals surface area contributed by atoms with Crippen molar-refractivity contribution < 1.29 is 4.74 Å². The molecule has 4 heteroatoms. The monoisotopic (exact) mass is 263 g/mol. The third kappa shape index (κ3) is 6.36. The summed E-state index contributed by atoms with van der Waals surface area (Å²) in [5.41, 5.74) is 7.44. The minimum atomic E-state index is 0.118. The first-order valence-corrected chi connectivity index (χ1v) is 6.83. The lowest BCUT2D eigenvalue weighted by atomic mass is 10.1. The molecule has 0 aromatic heterocycles. The van der Waals surface area contributed by atoms with E-state index < -0.39 is 0 Å². The van der Waals surface area contributed by atoms with Crippen LogP contribution in [0.2, 0.25) is 0 Å². The van der Waals surface area contributed by atoms with E-state index >= 15 is 0 Å². The van der Waals surface area contributed by atoms with Gasteiger partial charge in [-0.25, -0.2) is 0 Å². The Hall–Kier alpha value is -1.39. The second kappa shape index (κ2) is 8.67. The molecule has 1 aromatic rings. The molecular formula is C15H25N3O. The van der Waals surface area contributed by atoms with Gasteiger partial charge >= 0.3 is 0 Å². The lowest BCUT2D eigenvalue weighted by molar-refractivity contribution is 0.107. The summed E-state index contributed by atoms with van der Waals surface area (Å²) in [6, 6.07) is 7.83. The van der Waals surface area contributed by atoms with Crippen LogP contribution in [0.1, 0.15) is 30.9 Å². The highest BCUT2D eigenvalue weighted by Gasteiger charge is 2.02. The molecular weight excluding hydrogens is 238 g/mol. The van der Waals surface area contributed by atoms with Crippen molar-refractivity contribution in [2.45, 2.75) is 26.3 Å². The zero-order chi connectivity index (χ0) is 14.1. The number of nitrogens with one attached hydrogen (secondary N) is 1. The van der Waals surface area contributed by atoms with Gasteiger partial charge in [0.1, 0.15) is 5.84 Å². The number of nitrogen functional groups attached to an aromatic ring is 1. The van der Waals surface area contributed by atoms with Gasteiger partial charge in [-0.1, -0.05) is 31.5 Å². The van der Waals surface area contributed by atoms with Crippen LogP contribution in [0, 0.1) is 5.41 Å². The Morgan fingerprint density at radius 2 is 2.16 bits per heavy atom. The minimum absolute atomic E-state index is 0.118. The lowest BCUT2D eigenvalue weighted by Crippen LogP contribution is -2.23. The number of benzene rings is 1. The fourth-order valence-corrected chi connectivity index (χ4v) is 1.80. The highest BCUT2D eigenvalue weighted by molar-refractivity contribution is 5.95. The SMILES string of the molecule is CCCCOCCN(C)Cc1cccc(C(=N)N)c1. The Morgan fingerprint density at radius 3 is 2.84 bits per heavy atom. The summed E-state index contributed by atoms with van der Waals surface area (Å²) in [4.78, 5) is 2.21. The molecule has 19 heavy (non-hydrogen) atoms. The molecule has 0 radical (unpaired) electrons. The number of nitrogens with zero attached hydrogens (tertiary/aromatic N) is 1. The van der Waals surface area contributed by atoms with Gasteiger partial charge < -0.3 is 10.5 Å². The molecule has 0 aliphatic rings. The van der Waals surface area contributed by atoms with Gasteiger partial charge in [-0.05, 0) is 25.1 Å². The molecule has 0 saturated heterocycles. The van der Waals surface area contributed by atoms with E-state index in [1.54, 1.807) is 0 Å². The molecule has 0 atom stereocenters. The van der Waals surface area contributed by atoms with Crippen molar-refractivity contribution in [3.63, 3.8) is 0 Å². The molecule has 0 heterocycles. The first kappa shape index (κ1) is 15.7. The van der Waals surface area contributed by atoms with E-state index in [0.29, 0.717) is 0 Å².